The summed E-state index contributed by atoms with van der Waals surface area (Å²) < 4.78 is 32.8. The average molecular weight is 325 g/mol. The number of piperidine rings is 1. The van der Waals surface area contributed by atoms with Crippen LogP contribution in [0.1, 0.15) is 25.3 Å². The number of sulfonamides is 1. The molecule has 0 aromatic heterocycles. The Bertz CT molecular complexity index is 700. The molecule has 120 valence electrons. The van der Waals surface area contributed by atoms with Crippen molar-refractivity contribution in [2.75, 3.05) is 13.2 Å². The first-order valence-electron chi connectivity index (χ1n) is 7.42. The molecule has 0 unspecified atom stereocenters. The van der Waals surface area contributed by atoms with Gasteiger partial charge in [-0.05, 0) is 31.4 Å². The van der Waals surface area contributed by atoms with Crippen LogP contribution >= 0.6 is 0 Å². The van der Waals surface area contributed by atoms with Crippen molar-refractivity contribution in [3.8, 4) is 5.75 Å². The van der Waals surface area contributed by atoms with Crippen LogP contribution in [0.4, 0.5) is 0 Å². The highest BCUT2D eigenvalue weighted by atomic mass is 32.2. The fourth-order valence-electron chi connectivity index (χ4n) is 3.30. The summed E-state index contributed by atoms with van der Waals surface area (Å²) in [4.78, 5) is 11.5. The minimum Gasteiger partial charge on any atom is -0.492 e. The van der Waals surface area contributed by atoms with Crippen LogP contribution in [0.2, 0.25) is 0 Å². The van der Waals surface area contributed by atoms with Gasteiger partial charge in [-0.3, -0.25) is 4.79 Å². The van der Waals surface area contributed by atoms with E-state index in [1.54, 1.807) is 13.0 Å². The molecule has 0 aliphatic carbocycles. The summed E-state index contributed by atoms with van der Waals surface area (Å²) in [6, 6.07) is 4.55. The number of carbonyl (C=O) groups is 1. The summed E-state index contributed by atoms with van der Waals surface area (Å²) in [5.41, 5.74) is 0.889. The van der Waals surface area contributed by atoms with Gasteiger partial charge in [-0.15, -0.1) is 0 Å². The third-order valence-corrected chi connectivity index (χ3v) is 6.52. The predicted molar refractivity (Wildman–Crippen MR) is 79.4 cm³/mol. The topological polar surface area (TPSA) is 83.9 Å². The maximum atomic E-state index is 13.0. The summed E-state index contributed by atoms with van der Waals surface area (Å²) in [7, 11) is -3.76. The van der Waals surface area contributed by atoms with Gasteiger partial charge in [-0.2, -0.15) is 4.31 Å². The lowest BCUT2D eigenvalue weighted by Gasteiger charge is -2.36. The van der Waals surface area contributed by atoms with Gasteiger partial charge in [0.15, 0.2) is 0 Å². The highest BCUT2D eigenvalue weighted by molar-refractivity contribution is 7.89. The van der Waals surface area contributed by atoms with Crippen molar-refractivity contribution in [1.29, 1.82) is 0 Å². The molecule has 2 atom stereocenters. The van der Waals surface area contributed by atoms with Gasteiger partial charge in [0.25, 0.3) is 0 Å². The maximum absolute atomic E-state index is 13.0. The molecule has 1 aromatic carbocycles. The fraction of sp³-hybridized carbons (Fsp3) is 0.533. The van der Waals surface area contributed by atoms with Crippen LogP contribution in [0.25, 0.3) is 0 Å². The molecular formula is C15H19NO5S. The number of carboxylic acid groups (broad SMARTS) is 1. The van der Waals surface area contributed by atoms with Crippen LogP contribution in [0, 0.1) is 5.92 Å². The Kier molecular flexibility index (Phi) is 3.86. The second-order valence-electron chi connectivity index (χ2n) is 5.79. The highest BCUT2D eigenvalue weighted by Gasteiger charge is 2.41. The normalized spacial score (nSPS) is 25.5. The number of aliphatic carboxylic acids is 1. The number of fused-ring (bicyclic) bond motifs is 1. The highest BCUT2D eigenvalue weighted by Crippen LogP contribution is 2.37. The summed E-state index contributed by atoms with van der Waals surface area (Å²) >= 11 is 0. The summed E-state index contributed by atoms with van der Waals surface area (Å²) in [6.45, 7) is 2.49. The lowest BCUT2D eigenvalue weighted by Crippen LogP contribution is -2.49. The van der Waals surface area contributed by atoms with Crippen LogP contribution < -0.4 is 4.74 Å². The number of carboxylic acids is 1. The lowest BCUT2D eigenvalue weighted by atomic mass is 9.92. The van der Waals surface area contributed by atoms with E-state index in [0.29, 0.717) is 38.2 Å². The first kappa shape index (κ1) is 15.3. The smallest absolute Gasteiger partial charge is 0.308 e. The molecule has 0 amide bonds. The minimum absolute atomic E-state index is 0.153. The van der Waals surface area contributed by atoms with Crippen molar-refractivity contribution in [3.05, 3.63) is 23.8 Å². The van der Waals surface area contributed by atoms with Crippen LogP contribution in [-0.4, -0.2) is 43.0 Å². The van der Waals surface area contributed by atoms with Gasteiger partial charge in [0.1, 0.15) is 10.6 Å². The van der Waals surface area contributed by atoms with Crippen molar-refractivity contribution in [2.24, 2.45) is 5.92 Å². The third kappa shape index (κ3) is 2.38. The van der Waals surface area contributed by atoms with E-state index < -0.39 is 28.0 Å². The average Bonchev–Trinajstić information content (AvgIpc) is 2.94. The number of ether oxygens (including phenoxy) is 1. The molecule has 0 bridgehead atoms. The molecule has 6 nitrogen and oxygen atoms in total. The molecule has 1 aromatic rings. The zero-order chi connectivity index (χ0) is 15.9. The molecule has 1 N–H and O–H groups in total. The summed E-state index contributed by atoms with van der Waals surface area (Å²) in [5.74, 6) is -1.18. The number of benzene rings is 1. The summed E-state index contributed by atoms with van der Waals surface area (Å²) in [6.07, 6.45) is 1.76. The number of nitrogens with zero attached hydrogens (tertiary/aromatic N) is 1. The molecule has 22 heavy (non-hydrogen) atoms. The van der Waals surface area contributed by atoms with Crippen LogP contribution in [0.3, 0.4) is 0 Å². The predicted octanol–water partition coefficient (Wildman–Crippen LogP) is 1.50. The van der Waals surface area contributed by atoms with Crippen LogP contribution in [0.5, 0.6) is 5.75 Å². The van der Waals surface area contributed by atoms with Gasteiger partial charge in [-0.25, -0.2) is 8.42 Å². The fourth-order valence-corrected chi connectivity index (χ4v) is 5.18. The van der Waals surface area contributed by atoms with E-state index in [1.807, 2.05) is 6.07 Å². The van der Waals surface area contributed by atoms with Crippen molar-refractivity contribution < 1.29 is 23.1 Å². The maximum Gasteiger partial charge on any atom is 0.308 e. The van der Waals surface area contributed by atoms with Crippen LogP contribution in [-0.2, 0) is 21.2 Å². The van der Waals surface area contributed by atoms with E-state index in [0.717, 1.165) is 5.56 Å². The Morgan fingerprint density at radius 3 is 2.91 bits per heavy atom. The second kappa shape index (κ2) is 5.55. The first-order chi connectivity index (χ1) is 10.4. The third-order valence-electron chi connectivity index (χ3n) is 4.51. The Hall–Kier alpha value is -1.60. The Morgan fingerprint density at radius 1 is 1.41 bits per heavy atom. The molecule has 0 spiro atoms. The molecular weight excluding hydrogens is 306 g/mol. The van der Waals surface area contributed by atoms with Gasteiger partial charge in [0, 0.05) is 19.0 Å². The Labute approximate surface area is 129 Å². The molecule has 7 heteroatoms. The molecule has 2 heterocycles. The quantitative estimate of drug-likeness (QED) is 0.910. The Morgan fingerprint density at radius 2 is 2.18 bits per heavy atom. The van der Waals surface area contributed by atoms with Gasteiger partial charge in [-0.1, -0.05) is 12.1 Å². The zero-order valence-electron chi connectivity index (χ0n) is 12.4. The van der Waals surface area contributed by atoms with Crippen molar-refractivity contribution in [1.82, 2.24) is 4.31 Å². The summed E-state index contributed by atoms with van der Waals surface area (Å²) in [5, 5.41) is 9.27. The van der Waals surface area contributed by atoms with Crippen LogP contribution in [0.15, 0.2) is 23.1 Å². The zero-order valence-corrected chi connectivity index (χ0v) is 13.2. The largest absolute Gasteiger partial charge is 0.492 e. The van der Waals surface area contributed by atoms with Crippen molar-refractivity contribution in [3.63, 3.8) is 0 Å². The molecule has 0 saturated carbocycles. The Balaban J connectivity index is 2.00. The standard InChI is InChI=1S/C15H19NO5S/c1-10-12(15(17)18)5-3-8-16(10)22(19,20)13-6-2-4-11-7-9-21-14(11)13/h2,4,6,10,12H,3,5,7-9H2,1H3,(H,17,18)/t10-,12-/m1/s1. The SMILES string of the molecule is C[C@@H]1[C@H](C(=O)O)CCCN1S(=O)(=O)c1cccc2c1OCC2. The van der Waals surface area contributed by atoms with E-state index in [1.165, 1.54) is 10.4 Å². The first-order valence-corrected chi connectivity index (χ1v) is 8.86. The van der Waals surface area contributed by atoms with Gasteiger partial charge >= 0.3 is 5.97 Å². The van der Waals surface area contributed by atoms with Crippen molar-refractivity contribution >= 4 is 16.0 Å². The van der Waals surface area contributed by atoms with E-state index in [4.69, 9.17) is 4.74 Å². The van der Waals surface area contributed by atoms with E-state index in [2.05, 4.69) is 0 Å². The monoisotopic (exact) mass is 325 g/mol. The number of para-hydroxylation sites is 1. The van der Waals surface area contributed by atoms with E-state index >= 15 is 0 Å². The van der Waals surface area contributed by atoms with E-state index in [-0.39, 0.29) is 4.90 Å². The lowest BCUT2D eigenvalue weighted by molar-refractivity contribution is -0.144. The van der Waals surface area contributed by atoms with Gasteiger partial charge in [0.2, 0.25) is 10.0 Å². The van der Waals surface area contributed by atoms with Gasteiger partial charge < -0.3 is 9.84 Å². The number of hydrogen-bond donors (Lipinski definition) is 1. The molecule has 0 radical (unpaired) electrons. The van der Waals surface area contributed by atoms with E-state index in [9.17, 15) is 18.3 Å². The van der Waals surface area contributed by atoms with Crippen molar-refractivity contribution in [2.45, 2.75) is 37.1 Å². The second-order valence-corrected chi connectivity index (χ2v) is 7.65. The number of rotatable bonds is 3. The molecule has 3 rings (SSSR count). The molecule has 2 aliphatic rings. The number of hydrogen-bond acceptors (Lipinski definition) is 4. The van der Waals surface area contributed by atoms with Gasteiger partial charge in [0.05, 0.1) is 12.5 Å². The molecule has 1 saturated heterocycles. The minimum atomic E-state index is -3.76. The molecule has 1 fully saturated rings. The molecule has 2 aliphatic heterocycles.